The number of aliphatic carboxylic acids is 1. The molecule has 0 bridgehead atoms. The average molecular weight is 1190 g/mol. The van der Waals surface area contributed by atoms with Crippen LogP contribution in [-0.2, 0) is 38.8 Å². The van der Waals surface area contributed by atoms with Gasteiger partial charge in [-0.25, -0.2) is 4.68 Å². The monoisotopic (exact) mass is 1190 g/mol. The molecule has 3 heterocycles. The van der Waals surface area contributed by atoms with Crippen molar-refractivity contribution >= 4 is 39.7 Å². The molecule has 14 unspecified atom stereocenters. The SMILES string of the molecule is CNC(=O)CC[C@@H](C)C1CCC2C3CCC4CC(Cn5cc(-c6ccc7c8ccc(-c9cn(CC(=O)O[C@@H]%10CCC%11(C)C%12CCC%13(C)C(CCC%13[C@H](C)CCC(=O)O)C%12CC[C@@H]%11C%10)nn9)cc8n(CCCCC[NH3+])c7c6)nn5)CCC4(C)C3CCC21C. The fraction of sp³-hybridized carbons (Fsp3) is 0.740. The van der Waals surface area contributed by atoms with Crippen LogP contribution in [0.2, 0.25) is 0 Å². The van der Waals surface area contributed by atoms with E-state index in [0.717, 1.165) is 141 Å². The first-order chi connectivity index (χ1) is 41.9. The largest absolute Gasteiger partial charge is 0.481 e. The van der Waals surface area contributed by atoms with E-state index in [1.165, 1.54) is 118 Å². The number of carboxylic acid groups (broad SMARTS) is 1. The van der Waals surface area contributed by atoms with Crippen LogP contribution in [0.15, 0.2) is 48.8 Å². The van der Waals surface area contributed by atoms with Crippen molar-refractivity contribution in [2.75, 3.05) is 13.6 Å². The molecule has 0 radical (unpaired) electrons. The molecule has 8 saturated carbocycles. The van der Waals surface area contributed by atoms with Crippen LogP contribution in [0, 0.1) is 98.6 Å². The molecule has 0 spiro atoms. The predicted octanol–water partition coefficient (Wildman–Crippen LogP) is 14.2. The maximum absolute atomic E-state index is 13.7. The minimum absolute atomic E-state index is 0.0389. The molecule has 5 N–H and O–H groups in total. The lowest BCUT2D eigenvalue weighted by Gasteiger charge is -2.61. The number of nitrogens with one attached hydrogen (secondary N) is 1. The van der Waals surface area contributed by atoms with Crippen molar-refractivity contribution < 1.29 is 30.0 Å². The Bertz CT molecular complexity index is 3310. The number of quaternary nitrogens is 1. The van der Waals surface area contributed by atoms with Crippen LogP contribution in [0.3, 0.4) is 0 Å². The first-order valence-corrected chi connectivity index (χ1v) is 35.2. The van der Waals surface area contributed by atoms with E-state index in [-0.39, 0.29) is 36.4 Å². The number of aromatic nitrogens is 7. The summed E-state index contributed by atoms with van der Waals surface area (Å²) in [5.74, 6) is 8.43. The molecule has 8 aliphatic rings. The molecule has 8 aliphatic carbocycles. The number of amides is 1. The lowest BCUT2D eigenvalue weighted by atomic mass is 9.44. The molecular formula is C73H106N9O5+. The Morgan fingerprint density at radius 1 is 0.644 bits per heavy atom. The number of rotatable bonds is 20. The van der Waals surface area contributed by atoms with Crippen LogP contribution < -0.4 is 11.1 Å². The normalized spacial score (nSPS) is 36.0. The second-order valence-electron chi connectivity index (χ2n) is 31.6. The van der Waals surface area contributed by atoms with Gasteiger partial charge < -0.3 is 25.5 Å². The quantitative estimate of drug-likeness (QED) is 0.0503. The summed E-state index contributed by atoms with van der Waals surface area (Å²) in [4.78, 5) is 37.3. The standard InChI is InChI=1S/C73H105N9O5/c1-45(11-25-67(83)75-7)57-21-23-59-55-19-15-50-37-47(27-31-70(50,3)61(55)29-33-72(57,59)5)41-80-42-63(76-78-80)48-13-17-53-54-18-14-49(39-66(54)82(65(53)38-48)36-10-8-9-35-74)64-43-81(79-77-64)44-69(86)87-52-28-32-71(4)51(40-52)16-20-56-60-24-22-58(46(2)12-26-68(84)85)73(60,6)34-30-62(56)71/h13-14,17-18,38-39,42-43,45-47,50-52,55-62H,8-12,15-16,19-37,40-41,44,74H2,1-7H3,(H,75,83)(H,84,85)/p+1/t45-,46-,47?,50?,51-,52-,55?,56?,57?,58?,59?,60?,61?,62?,70?,71?,72?,73?/m1/s1. The highest BCUT2D eigenvalue weighted by molar-refractivity contribution is 6.10. The zero-order valence-electron chi connectivity index (χ0n) is 54.1. The van der Waals surface area contributed by atoms with Gasteiger partial charge in [-0.1, -0.05) is 76.2 Å². The number of aryl methyl sites for hydroxylation is 1. The van der Waals surface area contributed by atoms with Gasteiger partial charge in [0.2, 0.25) is 5.91 Å². The van der Waals surface area contributed by atoms with Crippen LogP contribution in [-0.4, -0.2) is 77.2 Å². The zero-order chi connectivity index (χ0) is 60.6. The van der Waals surface area contributed by atoms with Gasteiger partial charge >= 0.3 is 11.9 Å². The fourth-order valence-corrected chi connectivity index (χ4v) is 23.0. The Balaban J connectivity index is 0.637. The number of carbonyl (C=O) groups excluding carboxylic acids is 2. The fourth-order valence-electron chi connectivity index (χ4n) is 23.0. The Kier molecular flexibility index (Phi) is 16.9. The van der Waals surface area contributed by atoms with Gasteiger partial charge in [0.25, 0.3) is 0 Å². The molecule has 8 fully saturated rings. The molecule has 5 aromatic rings. The van der Waals surface area contributed by atoms with Crippen molar-refractivity contribution in [3.8, 4) is 22.5 Å². The van der Waals surface area contributed by atoms with Gasteiger partial charge in [0.15, 0.2) is 0 Å². The minimum Gasteiger partial charge on any atom is -0.481 e. The third-order valence-corrected chi connectivity index (χ3v) is 27.5. The maximum atomic E-state index is 13.7. The number of hydrogen-bond donors (Lipinski definition) is 3. The number of benzene rings is 2. The second-order valence-corrected chi connectivity index (χ2v) is 31.6. The molecule has 14 nitrogen and oxygen atoms in total. The first kappa shape index (κ1) is 60.8. The molecule has 472 valence electrons. The lowest BCUT2D eigenvalue weighted by Crippen LogP contribution is -2.54. The van der Waals surface area contributed by atoms with Gasteiger partial charge in [0.1, 0.15) is 24.0 Å². The highest BCUT2D eigenvalue weighted by Gasteiger charge is 2.62. The van der Waals surface area contributed by atoms with Gasteiger partial charge in [0, 0.05) is 65.9 Å². The van der Waals surface area contributed by atoms with E-state index in [1.807, 2.05) is 6.20 Å². The number of ether oxygens (including phenoxy) is 1. The Morgan fingerprint density at radius 3 is 1.77 bits per heavy atom. The van der Waals surface area contributed by atoms with Crippen LogP contribution >= 0.6 is 0 Å². The number of fused-ring (bicyclic) bond motifs is 13. The minimum atomic E-state index is -0.669. The van der Waals surface area contributed by atoms with Crippen molar-refractivity contribution in [3.63, 3.8) is 0 Å². The number of unbranched alkanes of at least 4 members (excludes halogenated alkanes) is 2. The van der Waals surface area contributed by atoms with Crippen LogP contribution in [0.5, 0.6) is 0 Å². The highest BCUT2D eigenvalue weighted by atomic mass is 16.5. The van der Waals surface area contributed by atoms with Crippen molar-refractivity contribution in [2.45, 2.75) is 228 Å². The summed E-state index contributed by atoms with van der Waals surface area (Å²) in [6, 6.07) is 13.5. The molecular weight excluding hydrogens is 1080 g/mol. The third-order valence-electron chi connectivity index (χ3n) is 27.5. The molecule has 1 amide bonds. The molecule has 18 atom stereocenters. The smallest absolute Gasteiger partial charge is 0.328 e. The van der Waals surface area contributed by atoms with Gasteiger partial charge in [-0.15, -0.1) is 10.2 Å². The lowest BCUT2D eigenvalue weighted by molar-refractivity contribution is -0.368. The number of esters is 1. The summed E-state index contributed by atoms with van der Waals surface area (Å²) in [6.45, 7) is 18.0. The van der Waals surface area contributed by atoms with E-state index in [4.69, 9.17) is 15.0 Å². The summed E-state index contributed by atoms with van der Waals surface area (Å²) < 4.78 is 12.6. The van der Waals surface area contributed by atoms with E-state index in [1.54, 1.807) is 11.7 Å². The first-order valence-electron chi connectivity index (χ1n) is 35.2. The van der Waals surface area contributed by atoms with Gasteiger partial charge in [0.05, 0.1) is 18.9 Å². The number of carbonyl (C=O) groups is 3. The summed E-state index contributed by atoms with van der Waals surface area (Å²) in [6.07, 6.45) is 32.7. The van der Waals surface area contributed by atoms with Crippen LogP contribution in [0.1, 0.15) is 202 Å². The van der Waals surface area contributed by atoms with Crippen LogP contribution in [0.25, 0.3) is 44.3 Å². The summed E-state index contributed by atoms with van der Waals surface area (Å²) >= 11 is 0. The Morgan fingerprint density at radius 2 is 1.18 bits per heavy atom. The van der Waals surface area contributed by atoms with Crippen molar-refractivity contribution in [1.29, 1.82) is 0 Å². The third kappa shape index (κ3) is 11.1. The van der Waals surface area contributed by atoms with Gasteiger partial charge in [-0.3, -0.25) is 19.1 Å². The molecule has 3 aromatic heterocycles. The Labute approximate surface area is 518 Å². The molecule has 87 heavy (non-hydrogen) atoms. The second kappa shape index (κ2) is 24.3. The predicted molar refractivity (Wildman–Crippen MR) is 341 cm³/mol. The molecule has 13 rings (SSSR count). The van der Waals surface area contributed by atoms with Crippen molar-refractivity contribution in [2.24, 2.45) is 98.6 Å². The van der Waals surface area contributed by atoms with E-state index in [2.05, 4.69) is 115 Å². The average Bonchev–Trinajstić information content (AvgIpc) is 1.74. The summed E-state index contributed by atoms with van der Waals surface area (Å²) in [5, 5.41) is 33.5. The summed E-state index contributed by atoms with van der Waals surface area (Å²) in [7, 11) is 1.77. The van der Waals surface area contributed by atoms with E-state index in [0.29, 0.717) is 52.3 Å². The van der Waals surface area contributed by atoms with E-state index >= 15 is 0 Å². The zero-order valence-corrected chi connectivity index (χ0v) is 54.1. The summed E-state index contributed by atoms with van der Waals surface area (Å²) in [5.41, 5.74) is 11.7. The topological polar surface area (TPSA) is 187 Å². The van der Waals surface area contributed by atoms with E-state index < -0.39 is 5.97 Å². The van der Waals surface area contributed by atoms with Crippen molar-refractivity contribution in [3.05, 3.63) is 48.8 Å². The highest BCUT2D eigenvalue weighted by Crippen LogP contribution is 2.70. The number of nitrogens with zero attached hydrogens (tertiary/aromatic N) is 7. The van der Waals surface area contributed by atoms with Gasteiger partial charge in [-0.2, -0.15) is 0 Å². The molecule has 2 aromatic carbocycles. The Hall–Kier alpha value is -5.11. The van der Waals surface area contributed by atoms with E-state index in [9.17, 15) is 19.5 Å². The number of carboxylic acids is 1. The molecule has 0 aliphatic heterocycles. The van der Waals surface area contributed by atoms with Crippen LogP contribution in [0.4, 0.5) is 0 Å². The van der Waals surface area contributed by atoms with Crippen molar-refractivity contribution in [1.82, 2.24) is 39.9 Å². The molecule has 14 heteroatoms. The van der Waals surface area contributed by atoms with Gasteiger partial charge in [-0.05, 0) is 258 Å². The maximum Gasteiger partial charge on any atom is 0.328 e. The molecule has 0 saturated heterocycles. The number of hydrogen-bond acceptors (Lipinski definition) is 8.